The summed E-state index contributed by atoms with van der Waals surface area (Å²) in [5, 5.41) is 12.9. The summed E-state index contributed by atoms with van der Waals surface area (Å²) in [5.74, 6) is 0.525. The molecule has 0 aliphatic carbocycles. The average molecular weight is 477 g/mol. The molecule has 4 aromatic rings. The van der Waals surface area contributed by atoms with Crippen LogP contribution in [0.25, 0.3) is 0 Å². The van der Waals surface area contributed by atoms with E-state index in [-0.39, 0.29) is 18.3 Å². The fraction of sp³-hybridized carbons (Fsp3) is 0.0952. The van der Waals surface area contributed by atoms with Crippen LogP contribution in [0.3, 0.4) is 0 Å². The van der Waals surface area contributed by atoms with Crippen molar-refractivity contribution < 1.29 is 9.53 Å². The van der Waals surface area contributed by atoms with Gasteiger partial charge in [-0.1, -0.05) is 46.9 Å². The number of benzene rings is 2. The van der Waals surface area contributed by atoms with E-state index in [4.69, 9.17) is 39.5 Å². The first kappa shape index (κ1) is 21.2. The summed E-state index contributed by atoms with van der Waals surface area (Å²) in [6.45, 7) is 0.649. The van der Waals surface area contributed by atoms with Gasteiger partial charge in [0.2, 0.25) is 0 Å². The molecule has 0 aliphatic rings. The topological polar surface area (TPSA) is 74.0 Å². The van der Waals surface area contributed by atoms with Gasteiger partial charge in [-0.15, -0.1) is 0 Å². The van der Waals surface area contributed by atoms with E-state index in [2.05, 4.69) is 15.5 Å². The van der Waals surface area contributed by atoms with Gasteiger partial charge in [-0.2, -0.15) is 10.2 Å². The predicted molar refractivity (Wildman–Crippen MR) is 120 cm³/mol. The number of aromatic nitrogens is 4. The van der Waals surface area contributed by atoms with Gasteiger partial charge in [0, 0.05) is 28.5 Å². The summed E-state index contributed by atoms with van der Waals surface area (Å²) in [6, 6.07) is 15.7. The predicted octanol–water partition coefficient (Wildman–Crippen LogP) is 5.38. The molecule has 0 unspecified atom stereocenters. The zero-order valence-corrected chi connectivity index (χ0v) is 18.3. The van der Waals surface area contributed by atoms with E-state index in [1.165, 1.54) is 4.68 Å². The molecule has 0 fully saturated rings. The van der Waals surface area contributed by atoms with Crippen LogP contribution in [-0.2, 0) is 13.3 Å². The van der Waals surface area contributed by atoms with E-state index < -0.39 is 0 Å². The molecule has 0 atom stereocenters. The SMILES string of the molecule is O=C(Nc1ccn(Cc2ccc(Cl)cc2)n1)c1ccn(COc2ccc(Cl)cc2Cl)n1. The molecule has 0 bridgehead atoms. The molecular formula is C21H16Cl3N5O2. The maximum Gasteiger partial charge on any atom is 0.277 e. The second kappa shape index (κ2) is 9.43. The maximum absolute atomic E-state index is 12.5. The number of carbonyl (C=O) groups is 1. The van der Waals surface area contributed by atoms with Gasteiger partial charge in [0.15, 0.2) is 18.2 Å². The number of anilines is 1. The molecule has 7 nitrogen and oxygen atoms in total. The van der Waals surface area contributed by atoms with Crippen molar-refractivity contribution in [1.82, 2.24) is 19.6 Å². The van der Waals surface area contributed by atoms with Gasteiger partial charge in [0.05, 0.1) is 11.6 Å². The minimum atomic E-state index is -0.375. The van der Waals surface area contributed by atoms with Gasteiger partial charge in [-0.05, 0) is 42.0 Å². The van der Waals surface area contributed by atoms with Crippen molar-refractivity contribution in [2.24, 2.45) is 0 Å². The fourth-order valence-corrected chi connectivity index (χ4v) is 3.35. The first-order valence-electron chi connectivity index (χ1n) is 9.17. The van der Waals surface area contributed by atoms with Crippen LogP contribution in [0, 0.1) is 0 Å². The lowest BCUT2D eigenvalue weighted by Gasteiger charge is -2.08. The van der Waals surface area contributed by atoms with Gasteiger partial charge in [-0.3, -0.25) is 9.48 Å². The Kier molecular flexibility index (Phi) is 6.46. The van der Waals surface area contributed by atoms with Crippen molar-refractivity contribution in [2.45, 2.75) is 13.3 Å². The molecule has 2 heterocycles. The molecule has 1 N–H and O–H groups in total. The Labute approximate surface area is 193 Å². The molecule has 0 spiro atoms. The van der Waals surface area contributed by atoms with E-state index in [0.29, 0.717) is 33.2 Å². The lowest BCUT2D eigenvalue weighted by atomic mass is 10.2. The lowest BCUT2D eigenvalue weighted by molar-refractivity contribution is 0.101. The number of amides is 1. The van der Waals surface area contributed by atoms with Crippen LogP contribution < -0.4 is 10.1 Å². The summed E-state index contributed by atoms with van der Waals surface area (Å²) < 4.78 is 8.82. The molecule has 1 amide bonds. The van der Waals surface area contributed by atoms with Crippen LogP contribution >= 0.6 is 34.8 Å². The highest BCUT2D eigenvalue weighted by molar-refractivity contribution is 6.35. The van der Waals surface area contributed by atoms with Crippen LogP contribution in [0.2, 0.25) is 15.1 Å². The molecule has 4 rings (SSSR count). The highest BCUT2D eigenvalue weighted by atomic mass is 35.5. The van der Waals surface area contributed by atoms with Crippen LogP contribution in [0.5, 0.6) is 5.75 Å². The highest BCUT2D eigenvalue weighted by Crippen LogP contribution is 2.27. The van der Waals surface area contributed by atoms with Crippen molar-refractivity contribution in [3.63, 3.8) is 0 Å². The van der Waals surface area contributed by atoms with Gasteiger partial charge in [0.25, 0.3) is 5.91 Å². The third-order valence-corrected chi connectivity index (χ3v) is 5.04. The summed E-state index contributed by atoms with van der Waals surface area (Å²) in [4.78, 5) is 12.5. The smallest absolute Gasteiger partial charge is 0.277 e. The molecule has 31 heavy (non-hydrogen) atoms. The first-order chi connectivity index (χ1) is 15.0. The molecule has 0 saturated carbocycles. The zero-order valence-electron chi connectivity index (χ0n) is 16.0. The van der Waals surface area contributed by atoms with Crippen LogP contribution in [-0.4, -0.2) is 25.5 Å². The number of halogens is 3. The monoisotopic (exact) mass is 475 g/mol. The summed E-state index contributed by atoms with van der Waals surface area (Å²) in [5.41, 5.74) is 1.28. The van der Waals surface area contributed by atoms with Crippen LogP contribution in [0.1, 0.15) is 16.1 Å². The molecule has 0 radical (unpaired) electrons. The number of rotatable bonds is 7. The van der Waals surface area contributed by atoms with Crippen molar-refractivity contribution in [2.75, 3.05) is 5.32 Å². The third kappa shape index (κ3) is 5.58. The molecule has 158 valence electrons. The van der Waals surface area contributed by atoms with Crippen LogP contribution in [0.15, 0.2) is 67.0 Å². The number of hydrogen-bond acceptors (Lipinski definition) is 4. The van der Waals surface area contributed by atoms with Crippen molar-refractivity contribution in [3.05, 3.63) is 93.3 Å². The lowest BCUT2D eigenvalue weighted by Crippen LogP contribution is -2.15. The second-order valence-electron chi connectivity index (χ2n) is 6.57. The Balaban J connectivity index is 1.33. The normalized spacial score (nSPS) is 10.8. The maximum atomic E-state index is 12.5. The second-order valence-corrected chi connectivity index (χ2v) is 7.85. The van der Waals surface area contributed by atoms with Gasteiger partial charge in [-0.25, -0.2) is 4.68 Å². The Morgan fingerprint density at radius 2 is 1.65 bits per heavy atom. The quantitative estimate of drug-likeness (QED) is 0.389. The number of nitrogens with one attached hydrogen (secondary N) is 1. The number of hydrogen-bond donors (Lipinski definition) is 1. The van der Waals surface area contributed by atoms with Crippen molar-refractivity contribution in [3.8, 4) is 5.75 Å². The summed E-state index contributed by atoms with van der Waals surface area (Å²) in [6.07, 6.45) is 3.42. The van der Waals surface area contributed by atoms with Gasteiger partial charge in [0.1, 0.15) is 5.75 Å². The Morgan fingerprint density at radius 3 is 2.42 bits per heavy atom. The Morgan fingerprint density at radius 1 is 0.903 bits per heavy atom. The fourth-order valence-electron chi connectivity index (χ4n) is 2.76. The molecule has 2 aromatic carbocycles. The highest BCUT2D eigenvalue weighted by Gasteiger charge is 2.12. The van der Waals surface area contributed by atoms with Crippen LogP contribution in [0.4, 0.5) is 5.82 Å². The number of ether oxygens (including phenoxy) is 1. The van der Waals surface area contributed by atoms with E-state index in [9.17, 15) is 4.79 Å². The van der Waals surface area contributed by atoms with E-state index >= 15 is 0 Å². The molecule has 0 aliphatic heterocycles. The minimum Gasteiger partial charge on any atom is -0.470 e. The van der Waals surface area contributed by atoms with E-state index in [1.54, 1.807) is 47.4 Å². The van der Waals surface area contributed by atoms with E-state index in [1.807, 2.05) is 24.3 Å². The largest absolute Gasteiger partial charge is 0.470 e. The van der Waals surface area contributed by atoms with Crippen molar-refractivity contribution in [1.29, 1.82) is 0 Å². The Bertz CT molecular complexity index is 1200. The Hall–Kier alpha value is -3.00. The zero-order chi connectivity index (χ0) is 21.8. The number of carbonyl (C=O) groups excluding carboxylic acids is 1. The first-order valence-corrected chi connectivity index (χ1v) is 10.3. The summed E-state index contributed by atoms with van der Waals surface area (Å²) in [7, 11) is 0. The summed E-state index contributed by atoms with van der Waals surface area (Å²) >= 11 is 17.9. The molecular weight excluding hydrogens is 461 g/mol. The average Bonchev–Trinajstić information content (AvgIpc) is 3.39. The standard InChI is InChI=1S/C21H16Cl3N5O2/c22-15-3-1-14(2-4-15)12-28-10-8-20(27-28)25-21(30)18-7-9-29(26-18)13-31-19-6-5-16(23)11-17(19)24/h1-11H,12-13H2,(H,25,27,30). The molecule has 10 heteroatoms. The van der Waals surface area contributed by atoms with E-state index in [0.717, 1.165) is 5.56 Å². The number of nitrogens with zero attached hydrogens (tertiary/aromatic N) is 4. The minimum absolute atomic E-state index is 0.0877. The molecule has 2 aromatic heterocycles. The third-order valence-electron chi connectivity index (χ3n) is 4.26. The van der Waals surface area contributed by atoms with Gasteiger partial charge < -0.3 is 10.1 Å². The van der Waals surface area contributed by atoms with Gasteiger partial charge >= 0.3 is 0 Å². The van der Waals surface area contributed by atoms with Crippen molar-refractivity contribution >= 4 is 46.5 Å². The molecule has 0 saturated heterocycles.